The molecule has 0 saturated heterocycles. The van der Waals surface area contributed by atoms with E-state index >= 15 is 0 Å². The first-order chi connectivity index (χ1) is 9.75. The highest BCUT2D eigenvalue weighted by molar-refractivity contribution is 5.63. The maximum atomic E-state index is 6.29. The van der Waals surface area contributed by atoms with E-state index in [0.29, 0.717) is 0 Å². The van der Waals surface area contributed by atoms with E-state index in [2.05, 4.69) is 41.4 Å². The third-order valence-corrected chi connectivity index (χ3v) is 3.55. The Hall–Kier alpha value is -2.39. The Labute approximate surface area is 118 Å². The number of nitrogens with zero attached hydrogens (tertiary/aromatic N) is 2. The Morgan fingerprint density at radius 1 is 0.950 bits per heavy atom. The van der Waals surface area contributed by atoms with Crippen LogP contribution < -0.4 is 5.73 Å². The van der Waals surface area contributed by atoms with E-state index < -0.39 is 0 Å². The Kier molecular flexibility index (Phi) is 3.35. The number of rotatable bonds is 3. The molecule has 3 heteroatoms. The first-order valence-corrected chi connectivity index (χ1v) is 6.63. The van der Waals surface area contributed by atoms with Crippen molar-refractivity contribution in [1.82, 2.24) is 9.55 Å². The third kappa shape index (κ3) is 2.36. The fraction of sp³-hybridized carbons (Fsp3) is 0.118. The van der Waals surface area contributed by atoms with Gasteiger partial charge in [-0.15, -0.1) is 0 Å². The molecule has 1 aromatic heterocycles. The molecule has 20 heavy (non-hydrogen) atoms. The molecular formula is C17H17N3. The summed E-state index contributed by atoms with van der Waals surface area (Å²) in [5, 5.41) is 0. The topological polar surface area (TPSA) is 43.8 Å². The van der Waals surface area contributed by atoms with Gasteiger partial charge in [0.15, 0.2) is 0 Å². The monoisotopic (exact) mass is 263 g/mol. The van der Waals surface area contributed by atoms with E-state index in [4.69, 9.17) is 5.73 Å². The predicted molar refractivity (Wildman–Crippen MR) is 81.1 cm³/mol. The fourth-order valence-corrected chi connectivity index (χ4v) is 2.35. The van der Waals surface area contributed by atoms with Gasteiger partial charge in [-0.05, 0) is 16.7 Å². The van der Waals surface area contributed by atoms with Gasteiger partial charge in [0.25, 0.3) is 0 Å². The van der Waals surface area contributed by atoms with Crippen molar-refractivity contribution >= 4 is 0 Å². The maximum Gasteiger partial charge on any atom is 0.0946 e. The van der Waals surface area contributed by atoms with Crippen LogP contribution in [0.5, 0.6) is 0 Å². The van der Waals surface area contributed by atoms with Gasteiger partial charge >= 0.3 is 0 Å². The first-order valence-electron chi connectivity index (χ1n) is 6.63. The lowest BCUT2D eigenvalue weighted by Gasteiger charge is -2.13. The highest BCUT2D eigenvalue weighted by Crippen LogP contribution is 2.23. The number of imidazole rings is 1. The van der Waals surface area contributed by atoms with Crippen molar-refractivity contribution in [1.29, 1.82) is 0 Å². The summed E-state index contributed by atoms with van der Waals surface area (Å²) in [6, 6.07) is 18.6. The summed E-state index contributed by atoms with van der Waals surface area (Å²) >= 11 is 0. The highest BCUT2D eigenvalue weighted by atomic mass is 15.0. The zero-order valence-corrected chi connectivity index (χ0v) is 11.4. The van der Waals surface area contributed by atoms with Crippen LogP contribution >= 0.6 is 0 Å². The van der Waals surface area contributed by atoms with Gasteiger partial charge in [0.2, 0.25) is 0 Å². The van der Waals surface area contributed by atoms with Crippen LogP contribution in [0.1, 0.15) is 17.3 Å². The molecule has 0 aliphatic heterocycles. The molecule has 0 fully saturated rings. The van der Waals surface area contributed by atoms with Crippen LogP contribution in [-0.2, 0) is 7.05 Å². The van der Waals surface area contributed by atoms with Gasteiger partial charge in [-0.25, -0.2) is 4.98 Å². The number of hydrogen-bond donors (Lipinski definition) is 1. The van der Waals surface area contributed by atoms with Gasteiger partial charge in [0.1, 0.15) is 0 Å². The number of nitrogens with two attached hydrogens (primary N) is 1. The van der Waals surface area contributed by atoms with Crippen molar-refractivity contribution in [3.8, 4) is 11.1 Å². The van der Waals surface area contributed by atoms with Crippen LogP contribution in [0.3, 0.4) is 0 Å². The average Bonchev–Trinajstić information content (AvgIpc) is 2.94. The lowest BCUT2D eigenvalue weighted by Crippen LogP contribution is -2.15. The molecule has 1 unspecified atom stereocenters. The van der Waals surface area contributed by atoms with E-state index in [1.165, 1.54) is 11.1 Å². The molecule has 0 aliphatic carbocycles. The third-order valence-electron chi connectivity index (χ3n) is 3.55. The van der Waals surface area contributed by atoms with E-state index in [-0.39, 0.29) is 6.04 Å². The van der Waals surface area contributed by atoms with Crippen molar-refractivity contribution in [3.63, 3.8) is 0 Å². The lowest BCUT2D eigenvalue weighted by molar-refractivity contribution is 0.746. The zero-order chi connectivity index (χ0) is 13.9. The predicted octanol–water partition coefficient (Wildman–Crippen LogP) is 3.14. The second kappa shape index (κ2) is 5.31. The molecule has 2 aromatic carbocycles. The van der Waals surface area contributed by atoms with Gasteiger partial charge < -0.3 is 10.3 Å². The summed E-state index contributed by atoms with van der Waals surface area (Å²) in [5.41, 5.74) is 10.8. The van der Waals surface area contributed by atoms with Crippen molar-refractivity contribution in [2.45, 2.75) is 6.04 Å². The molecular weight excluding hydrogens is 246 g/mol. The number of benzene rings is 2. The van der Waals surface area contributed by atoms with E-state index in [9.17, 15) is 0 Å². The standard InChI is InChI=1S/C17H17N3/c1-20-12-19-11-16(20)17(18)15-9-7-14(8-10-15)13-5-3-2-4-6-13/h2-12,17H,18H2,1H3. The lowest BCUT2D eigenvalue weighted by atomic mass is 10.00. The molecule has 3 nitrogen and oxygen atoms in total. The van der Waals surface area contributed by atoms with Gasteiger partial charge in [-0.2, -0.15) is 0 Å². The molecule has 0 aliphatic rings. The number of hydrogen-bond acceptors (Lipinski definition) is 2. The Bertz CT molecular complexity index is 684. The summed E-state index contributed by atoms with van der Waals surface area (Å²) in [5.74, 6) is 0. The maximum absolute atomic E-state index is 6.29. The molecule has 0 bridgehead atoms. The molecule has 1 heterocycles. The second-order valence-electron chi connectivity index (χ2n) is 4.90. The average molecular weight is 263 g/mol. The SMILES string of the molecule is Cn1cncc1C(N)c1ccc(-c2ccccc2)cc1. The molecule has 3 aromatic rings. The van der Waals surface area contributed by atoms with E-state index in [1.54, 1.807) is 6.33 Å². The molecule has 100 valence electrons. The zero-order valence-electron chi connectivity index (χ0n) is 11.4. The number of aromatic nitrogens is 2. The largest absolute Gasteiger partial charge is 0.336 e. The summed E-state index contributed by atoms with van der Waals surface area (Å²) in [7, 11) is 1.96. The van der Waals surface area contributed by atoms with Crippen molar-refractivity contribution in [3.05, 3.63) is 78.4 Å². The first kappa shape index (κ1) is 12.6. The quantitative estimate of drug-likeness (QED) is 0.789. The minimum Gasteiger partial charge on any atom is -0.336 e. The highest BCUT2D eigenvalue weighted by Gasteiger charge is 2.12. The molecule has 2 N–H and O–H groups in total. The second-order valence-corrected chi connectivity index (χ2v) is 4.90. The molecule has 0 amide bonds. The van der Waals surface area contributed by atoms with Crippen LogP contribution in [0, 0.1) is 0 Å². The minimum atomic E-state index is -0.146. The van der Waals surface area contributed by atoms with Crippen LogP contribution in [0.2, 0.25) is 0 Å². The summed E-state index contributed by atoms with van der Waals surface area (Å²) in [6.45, 7) is 0. The fourth-order valence-electron chi connectivity index (χ4n) is 2.35. The van der Waals surface area contributed by atoms with Crippen LogP contribution in [0.4, 0.5) is 0 Å². The smallest absolute Gasteiger partial charge is 0.0946 e. The van der Waals surface area contributed by atoms with Crippen LogP contribution in [0.15, 0.2) is 67.1 Å². The summed E-state index contributed by atoms with van der Waals surface area (Å²) in [6.07, 6.45) is 3.59. The van der Waals surface area contributed by atoms with Gasteiger partial charge in [0, 0.05) is 7.05 Å². The van der Waals surface area contributed by atoms with Crippen molar-refractivity contribution in [2.75, 3.05) is 0 Å². The molecule has 0 spiro atoms. The van der Waals surface area contributed by atoms with Crippen LogP contribution in [0.25, 0.3) is 11.1 Å². The van der Waals surface area contributed by atoms with Crippen LogP contribution in [-0.4, -0.2) is 9.55 Å². The number of aryl methyl sites for hydroxylation is 1. The molecule has 3 rings (SSSR count). The molecule has 0 radical (unpaired) electrons. The van der Waals surface area contributed by atoms with Crippen molar-refractivity contribution < 1.29 is 0 Å². The van der Waals surface area contributed by atoms with E-state index in [1.807, 2.05) is 36.0 Å². The van der Waals surface area contributed by atoms with Gasteiger partial charge in [-0.1, -0.05) is 54.6 Å². The van der Waals surface area contributed by atoms with Gasteiger partial charge in [0.05, 0.1) is 24.3 Å². The van der Waals surface area contributed by atoms with Gasteiger partial charge in [-0.3, -0.25) is 0 Å². The Morgan fingerprint density at radius 3 is 2.20 bits per heavy atom. The summed E-state index contributed by atoms with van der Waals surface area (Å²) in [4.78, 5) is 4.12. The normalized spacial score (nSPS) is 12.3. The Balaban J connectivity index is 1.89. The molecule has 0 saturated carbocycles. The van der Waals surface area contributed by atoms with Crippen molar-refractivity contribution in [2.24, 2.45) is 12.8 Å². The summed E-state index contributed by atoms with van der Waals surface area (Å²) < 4.78 is 1.95. The minimum absolute atomic E-state index is 0.146. The Morgan fingerprint density at radius 2 is 1.60 bits per heavy atom. The molecule has 1 atom stereocenters. The van der Waals surface area contributed by atoms with E-state index in [0.717, 1.165) is 11.3 Å².